The fourth-order valence-electron chi connectivity index (χ4n) is 2.79. The highest BCUT2D eigenvalue weighted by molar-refractivity contribution is 6.09. The van der Waals surface area contributed by atoms with Gasteiger partial charge < -0.3 is 14.7 Å². The summed E-state index contributed by atoms with van der Waals surface area (Å²) in [6, 6.07) is 23.9. The third-order valence-electron chi connectivity index (χ3n) is 4.15. The molecule has 0 spiro atoms. The molecule has 0 atom stereocenters. The van der Waals surface area contributed by atoms with Gasteiger partial charge in [-0.25, -0.2) is 4.79 Å². The lowest BCUT2D eigenvalue weighted by molar-refractivity contribution is -0.135. The molecule has 0 aliphatic carbocycles. The van der Waals surface area contributed by atoms with Crippen molar-refractivity contribution in [3.8, 4) is 5.75 Å². The van der Waals surface area contributed by atoms with E-state index in [2.05, 4.69) is 0 Å². The predicted molar refractivity (Wildman–Crippen MR) is 108 cm³/mol. The molecule has 0 aliphatic rings. The molecule has 0 radical (unpaired) electrons. The lowest BCUT2D eigenvalue weighted by Gasteiger charge is -2.21. The van der Waals surface area contributed by atoms with E-state index in [9.17, 15) is 14.4 Å². The highest BCUT2D eigenvalue weighted by atomic mass is 16.5. The minimum atomic E-state index is -1.05. The third kappa shape index (κ3) is 5.52. The molecule has 0 aromatic heterocycles. The van der Waals surface area contributed by atoms with Gasteiger partial charge in [0.05, 0.1) is 0 Å². The lowest BCUT2D eigenvalue weighted by Crippen LogP contribution is -2.36. The monoisotopic (exact) mass is 389 g/mol. The summed E-state index contributed by atoms with van der Waals surface area (Å²) in [5.41, 5.74) is 1.66. The number of para-hydroxylation sites is 1. The van der Waals surface area contributed by atoms with Crippen LogP contribution in [0.25, 0.3) is 0 Å². The van der Waals surface area contributed by atoms with Crippen LogP contribution in [0.1, 0.15) is 15.9 Å². The number of ether oxygens (including phenoxy) is 1. The molecule has 3 rings (SSSR count). The Morgan fingerprint density at radius 2 is 1.28 bits per heavy atom. The minimum absolute atomic E-state index is 0.125. The Balaban J connectivity index is 1.65. The zero-order valence-electron chi connectivity index (χ0n) is 15.5. The van der Waals surface area contributed by atoms with E-state index >= 15 is 0 Å². The van der Waals surface area contributed by atoms with Crippen LogP contribution in [0.2, 0.25) is 0 Å². The van der Waals surface area contributed by atoms with Gasteiger partial charge in [0.25, 0.3) is 0 Å². The van der Waals surface area contributed by atoms with Crippen LogP contribution >= 0.6 is 0 Å². The zero-order chi connectivity index (χ0) is 20.6. The summed E-state index contributed by atoms with van der Waals surface area (Å²) < 4.78 is 5.30. The standard InChI is InChI=1S/C23H19NO5/c25-21(26)15-24(19-9-5-2-6-10-19)16-22(27)29-20-13-11-18(12-14-20)23(28)17-7-3-1-4-8-17/h1-14H,15-16H2,(H,25,26). The molecule has 146 valence electrons. The van der Waals surface area contributed by atoms with Gasteiger partial charge in [0.1, 0.15) is 18.8 Å². The highest BCUT2D eigenvalue weighted by Gasteiger charge is 2.16. The second-order valence-electron chi connectivity index (χ2n) is 6.28. The number of nitrogens with zero attached hydrogens (tertiary/aromatic N) is 1. The summed E-state index contributed by atoms with van der Waals surface area (Å²) in [7, 11) is 0. The maximum Gasteiger partial charge on any atom is 0.330 e. The molecule has 6 nitrogen and oxygen atoms in total. The number of carbonyl (C=O) groups is 3. The van der Waals surface area contributed by atoms with Crippen LogP contribution in [0.15, 0.2) is 84.9 Å². The number of ketones is 1. The summed E-state index contributed by atoms with van der Waals surface area (Å²) in [4.78, 5) is 37.2. The van der Waals surface area contributed by atoms with E-state index < -0.39 is 11.9 Å². The SMILES string of the molecule is O=C(O)CN(CC(=O)Oc1ccc(C(=O)c2ccccc2)cc1)c1ccccc1. The predicted octanol–water partition coefficient (Wildman–Crippen LogP) is 3.41. The van der Waals surface area contributed by atoms with Crippen LogP contribution in [0, 0.1) is 0 Å². The molecule has 0 saturated heterocycles. The number of rotatable bonds is 8. The summed E-state index contributed by atoms with van der Waals surface area (Å²) >= 11 is 0. The molecule has 0 unspecified atom stereocenters. The Labute approximate surface area is 168 Å². The van der Waals surface area contributed by atoms with Gasteiger partial charge in [-0.2, -0.15) is 0 Å². The number of carboxylic acid groups (broad SMARTS) is 1. The first-order chi connectivity index (χ1) is 14.0. The second kappa shape index (κ2) is 9.32. The van der Waals surface area contributed by atoms with Gasteiger partial charge in [-0.05, 0) is 36.4 Å². The van der Waals surface area contributed by atoms with Crippen molar-refractivity contribution in [2.24, 2.45) is 0 Å². The Bertz CT molecular complexity index is 985. The first-order valence-electron chi connectivity index (χ1n) is 8.95. The van der Waals surface area contributed by atoms with E-state index in [1.807, 2.05) is 6.07 Å². The van der Waals surface area contributed by atoms with Crippen molar-refractivity contribution in [1.82, 2.24) is 0 Å². The van der Waals surface area contributed by atoms with Crippen LogP contribution in [-0.4, -0.2) is 35.9 Å². The van der Waals surface area contributed by atoms with Crippen LogP contribution in [-0.2, 0) is 9.59 Å². The second-order valence-corrected chi connectivity index (χ2v) is 6.28. The normalized spacial score (nSPS) is 10.2. The lowest BCUT2D eigenvalue weighted by atomic mass is 10.0. The molecule has 3 aromatic rings. The highest BCUT2D eigenvalue weighted by Crippen LogP contribution is 2.17. The van der Waals surface area contributed by atoms with Gasteiger partial charge in [-0.1, -0.05) is 48.5 Å². The summed E-state index contributed by atoms with van der Waals surface area (Å²) in [5.74, 6) is -1.49. The number of esters is 1. The van der Waals surface area contributed by atoms with Crippen LogP contribution in [0.3, 0.4) is 0 Å². The fourth-order valence-corrected chi connectivity index (χ4v) is 2.79. The molecule has 1 N–H and O–H groups in total. The van der Waals surface area contributed by atoms with Gasteiger partial charge >= 0.3 is 11.9 Å². The van der Waals surface area contributed by atoms with Crippen molar-refractivity contribution in [3.05, 3.63) is 96.1 Å². The maximum absolute atomic E-state index is 12.4. The number of anilines is 1. The van der Waals surface area contributed by atoms with Gasteiger partial charge in [-0.15, -0.1) is 0 Å². The quantitative estimate of drug-likeness (QED) is 0.361. The molecule has 0 amide bonds. The first-order valence-corrected chi connectivity index (χ1v) is 8.95. The Kier molecular flexibility index (Phi) is 6.37. The number of hydrogen-bond donors (Lipinski definition) is 1. The molecular weight excluding hydrogens is 370 g/mol. The average molecular weight is 389 g/mol. The molecule has 0 saturated carbocycles. The fraction of sp³-hybridized carbons (Fsp3) is 0.0870. The Morgan fingerprint density at radius 1 is 0.724 bits per heavy atom. The summed E-state index contributed by atoms with van der Waals surface area (Å²) in [6.45, 7) is -0.551. The number of hydrogen-bond acceptors (Lipinski definition) is 5. The largest absolute Gasteiger partial charge is 0.480 e. The molecule has 0 heterocycles. The van der Waals surface area contributed by atoms with Crippen LogP contribution in [0.5, 0.6) is 5.75 Å². The average Bonchev–Trinajstić information content (AvgIpc) is 2.74. The molecular formula is C23H19NO5. The van der Waals surface area contributed by atoms with Crippen molar-refractivity contribution in [1.29, 1.82) is 0 Å². The molecule has 0 bridgehead atoms. The van der Waals surface area contributed by atoms with Crippen molar-refractivity contribution in [2.75, 3.05) is 18.0 Å². The van der Waals surface area contributed by atoms with E-state index in [-0.39, 0.29) is 24.6 Å². The van der Waals surface area contributed by atoms with E-state index in [0.29, 0.717) is 16.8 Å². The summed E-state index contributed by atoms with van der Waals surface area (Å²) in [5, 5.41) is 9.10. The van der Waals surface area contributed by atoms with E-state index in [4.69, 9.17) is 9.84 Å². The first kappa shape index (κ1) is 19.8. The van der Waals surface area contributed by atoms with Crippen molar-refractivity contribution >= 4 is 23.4 Å². The number of benzene rings is 3. The summed E-state index contributed by atoms with van der Waals surface area (Å²) in [6.07, 6.45) is 0. The topological polar surface area (TPSA) is 83.9 Å². The molecule has 29 heavy (non-hydrogen) atoms. The van der Waals surface area contributed by atoms with E-state index in [0.717, 1.165) is 0 Å². The van der Waals surface area contributed by atoms with Gasteiger partial charge in [0, 0.05) is 16.8 Å². The maximum atomic E-state index is 12.4. The van der Waals surface area contributed by atoms with Gasteiger partial charge in [0.2, 0.25) is 0 Å². The number of carbonyl (C=O) groups excluding carboxylic acids is 2. The van der Waals surface area contributed by atoms with Gasteiger partial charge in [-0.3, -0.25) is 9.59 Å². The van der Waals surface area contributed by atoms with E-state index in [1.165, 1.54) is 17.0 Å². The molecule has 0 fully saturated rings. The smallest absolute Gasteiger partial charge is 0.330 e. The zero-order valence-corrected chi connectivity index (χ0v) is 15.5. The van der Waals surface area contributed by atoms with Gasteiger partial charge in [0.15, 0.2) is 5.78 Å². The molecule has 0 aliphatic heterocycles. The van der Waals surface area contributed by atoms with Crippen molar-refractivity contribution in [3.63, 3.8) is 0 Å². The number of carboxylic acids is 1. The Morgan fingerprint density at radius 3 is 1.86 bits per heavy atom. The molecule has 3 aromatic carbocycles. The van der Waals surface area contributed by atoms with Crippen LogP contribution < -0.4 is 9.64 Å². The van der Waals surface area contributed by atoms with E-state index in [1.54, 1.807) is 66.7 Å². The third-order valence-corrected chi connectivity index (χ3v) is 4.15. The van der Waals surface area contributed by atoms with Crippen molar-refractivity contribution < 1.29 is 24.2 Å². The van der Waals surface area contributed by atoms with Crippen molar-refractivity contribution in [2.45, 2.75) is 0 Å². The minimum Gasteiger partial charge on any atom is -0.480 e. The van der Waals surface area contributed by atoms with Crippen LogP contribution in [0.4, 0.5) is 5.69 Å². The Hall–Kier alpha value is -3.93. The molecule has 6 heteroatoms. The number of aliphatic carboxylic acids is 1.